The van der Waals surface area contributed by atoms with E-state index in [-0.39, 0.29) is 18.1 Å². The molecule has 2 aromatic rings. The van der Waals surface area contributed by atoms with Crippen LogP contribution in [0.4, 0.5) is 19.1 Å². The predicted octanol–water partition coefficient (Wildman–Crippen LogP) is 2.25. The summed E-state index contributed by atoms with van der Waals surface area (Å²) in [5, 5.41) is 7.89. The second-order valence-electron chi connectivity index (χ2n) is 6.29. The van der Waals surface area contributed by atoms with Crippen LogP contribution in [0.25, 0.3) is 0 Å². The highest BCUT2D eigenvalue weighted by molar-refractivity contribution is 5.39. The Morgan fingerprint density at radius 2 is 2.00 bits per heavy atom. The van der Waals surface area contributed by atoms with E-state index in [0.29, 0.717) is 37.5 Å². The molecule has 1 aliphatic carbocycles. The van der Waals surface area contributed by atoms with E-state index in [2.05, 4.69) is 20.2 Å². The summed E-state index contributed by atoms with van der Waals surface area (Å²) < 4.78 is 47.2. The molecular formula is C16H21F3N6O. The lowest BCUT2D eigenvalue weighted by molar-refractivity contribution is -0.142. The van der Waals surface area contributed by atoms with Crippen LogP contribution in [0.5, 0.6) is 0 Å². The SMILES string of the molecule is COCCn1cnnc1CN(C)c1nc2c(c(C(F)(F)F)n1)CCCC2. The molecule has 0 N–H and O–H groups in total. The van der Waals surface area contributed by atoms with Crippen molar-refractivity contribution in [3.63, 3.8) is 0 Å². The molecule has 10 heteroatoms. The van der Waals surface area contributed by atoms with Crippen LogP contribution in [0.2, 0.25) is 0 Å². The monoisotopic (exact) mass is 370 g/mol. The fourth-order valence-corrected chi connectivity index (χ4v) is 3.05. The van der Waals surface area contributed by atoms with E-state index in [1.807, 2.05) is 0 Å². The van der Waals surface area contributed by atoms with Gasteiger partial charge in [0.2, 0.25) is 5.95 Å². The molecule has 0 aliphatic heterocycles. The van der Waals surface area contributed by atoms with E-state index in [1.165, 1.54) is 0 Å². The maximum absolute atomic E-state index is 13.5. The largest absolute Gasteiger partial charge is 0.433 e. The molecule has 2 aromatic heterocycles. The zero-order valence-electron chi connectivity index (χ0n) is 14.8. The highest BCUT2D eigenvalue weighted by atomic mass is 19.4. The first kappa shape index (κ1) is 18.6. The van der Waals surface area contributed by atoms with E-state index >= 15 is 0 Å². The molecule has 0 saturated heterocycles. The Morgan fingerprint density at radius 1 is 1.23 bits per heavy atom. The molecule has 26 heavy (non-hydrogen) atoms. The van der Waals surface area contributed by atoms with E-state index in [0.717, 1.165) is 12.8 Å². The van der Waals surface area contributed by atoms with Crippen LogP contribution in [0.15, 0.2) is 6.33 Å². The number of hydrogen-bond donors (Lipinski definition) is 0. The minimum Gasteiger partial charge on any atom is -0.383 e. The van der Waals surface area contributed by atoms with Crippen molar-refractivity contribution in [2.24, 2.45) is 0 Å². The summed E-state index contributed by atoms with van der Waals surface area (Å²) in [6, 6.07) is 0. The van der Waals surface area contributed by atoms with Gasteiger partial charge >= 0.3 is 6.18 Å². The molecule has 0 atom stereocenters. The summed E-state index contributed by atoms with van der Waals surface area (Å²) in [6.45, 7) is 1.30. The number of halogens is 3. The Labute approximate surface area is 149 Å². The van der Waals surface area contributed by atoms with Crippen LogP contribution in [0.1, 0.15) is 35.6 Å². The molecule has 1 aliphatic rings. The van der Waals surface area contributed by atoms with Crippen LogP contribution in [0, 0.1) is 0 Å². The minimum absolute atomic E-state index is 0.0549. The predicted molar refractivity (Wildman–Crippen MR) is 87.7 cm³/mol. The van der Waals surface area contributed by atoms with Crippen molar-refractivity contribution in [1.82, 2.24) is 24.7 Å². The summed E-state index contributed by atoms with van der Waals surface area (Å²) >= 11 is 0. The van der Waals surface area contributed by atoms with Gasteiger partial charge < -0.3 is 14.2 Å². The molecule has 0 fully saturated rings. The third kappa shape index (κ3) is 3.95. The molecule has 0 amide bonds. The summed E-state index contributed by atoms with van der Waals surface area (Å²) in [6.07, 6.45) is -0.423. The van der Waals surface area contributed by atoms with Crippen molar-refractivity contribution in [2.75, 3.05) is 25.7 Å². The highest BCUT2D eigenvalue weighted by Gasteiger charge is 2.38. The van der Waals surface area contributed by atoms with Gasteiger partial charge in [-0.05, 0) is 25.7 Å². The molecule has 0 radical (unpaired) electrons. The summed E-state index contributed by atoms with van der Waals surface area (Å²) in [5.74, 6) is 0.665. The highest BCUT2D eigenvalue weighted by Crippen LogP contribution is 2.35. The Hall–Kier alpha value is -2.23. The van der Waals surface area contributed by atoms with Crippen LogP contribution in [-0.2, 0) is 36.8 Å². The third-order valence-electron chi connectivity index (χ3n) is 4.39. The quantitative estimate of drug-likeness (QED) is 0.777. The van der Waals surface area contributed by atoms with Crippen molar-refractivity contribution >= 4 is 5.95 Å². The van der Waals surface area contributed by atoms with Crippen molar-refractivity contribution in [3.8, 4) is 0 Å². The summed E-state index contributed by atoms with van der Waals surface area (Å²) in [7, 11) is 3.25. The Balaban J connectivity index is 1.88. The number of anilines is 1. The molecule has 2 heterocycles. The number of nitrogens with zero attached hydrogens (tertiary/aromatic N) is 6. The van der Waals surface area contributed by atoms with E-state index in [4.69, 9.17) is 4.74 Å². The topological polar surface area (TPSA) is 69.0 Å². The van der Waals surface area contributed by atoms with Crippen LogP contribution in [-0.4, -0.2) is 45.5 Å². The maximum atomic E-state index is 13.5. The van der Waals surface area contributed by atoms with Gasteiger partial charge in [0.25, 0.3) is 0 Å². The van der Waals surface area contributed by atoms with Gasteiger partial charge in [0.15, 0.2) is 11.5 Å². The van der Waals surface area contributed by atoms with Crippen molar-refractivity contribution in [2.45, 2.75) is 44.9 Å². The van der Waals surface area contributed by atoms with E-state index < -0.39 is 11.9 Å². The van der Waals surface area contributed by atoms with Gasteiger partial charge in [-0.25, -0.2) is 9.97 Å². The number of fused-ring (bicyclic) bond motifs is 1. The van der Waals surface area contributed by atoms with Crippen LogP contribution >= 0.6 is 0 Å². The lowest BCUT2D eigenvalue weighted by Gasteiger charge is -2.24. The van der Waals surface area contributed by atoms with Crippen molar-refractivity contribution in [1.29, 1.82) is 0 Å². The van der Waals surface area contributed by atoms with Crippen molar-refractivity contribution < 1.29 is 17.9 Å². The minimum atomic E-state index is -4.49. The van der Waals surface area contributed by atoms with Gasteiger partial charge in [0.1, 0.15) is 6.33 Å². The number of methoxy groups -OCH3 is 1. The van der Waals surface area contributed by atoms with Crippen LogP contribution < -0.4 is 4.90 Å². The number of ether oxygens (including phenoxy) is 1. The number of aromatic nitrogens is 5. The molecular weight excluding hydrogens is 349 g/mol. The lowest BCUT2D eigenvalue weighted by Crippen LogP contribution is -2.26. The Kier molecular flexibility index (Phi) is 5.40. The fourth-order valence-electron chi connectivity index (χ4n) is 3.05. The van der Waals surface area contributed by atoms with Crippen LogP contribution in [0.3, 0.4) is 0 Å². The Bertz CT molecular complexity index is 761. The van der Waals surface area contributed by atoms with Gasteiger partial charge in [-0.3, -0.25) is 0 Å². The fraction of sp³-hybridized carbons (Fsp3) is 0.625. The first-order valence-electron chi connectivity index (χ1n) is 8.44. The van der Waals surface area contributed by atoms with E-state index in [9.17, 15) is 13.2 Å². The molecule has 0 saturated carbocycles. The molecule has 0 spiro atoms. The first-order valence-corrected chi connectivity index (χ1v) is 8.44. The summed E-state index contributed by atoms with van der Waals surface area (Å²) in [4.78, 5) is 9.80. The standard InChI is InChI=1S/C16H21F3N6O/c1-24(9-13-23-20-10-25(13)7-8-26-2)15-21-12-6-4-3-5-11(12)14(22-15)16(17,18)19/h10H,3-9H2,1-2H3. The van der Waals surface area contributed by atoms with Gasteiger partial charge in [-0.15, -0.1) is 10.2 Å². The van der Waals surface area contributed by atoms with E-state index in [1.54, 1.807) is 30.0 Å². The molecule has 3 rings (SSSR count). The molecule has 142 valence electrons. The first-order chi connectivity index (χ1) is 12.4. The molecule has 0 bridgehead atoms. The Morgan fingerprint density at radius 3 is 2.73 bits per heavy atom. The maximum Gasteiger partial charge on any atom is 0.433 e. The number of alkyl halides is 3. The number of rotatable bonds is 6. The molecule has 0 aromatic carbocycles. The van der Waals surface area contributed by atoms with Gasteiger partial charge in [0, 0.05) is 32.0 Å². The average Bonchev–Trinajstić information content (AvgIpc) is 3.05. The normalized spacial score (nSPS) is 14.3. The zero-order valence-corrected chi connectivity index (χ0v) is 14.8. The smallest absolute Gasteiger partial charge is 0.383 e. The third-order valence-corrected chi connectivity index (χ3v) is 4.39. The van der Waals surface area contributed by atoms with Gasteiger partial charge in [-0.2, -0.15) is 13.2 Å². The van der Waals surface area contributed by atoms with Gasteiger partial charge in [-0.1, -0.05) is 0 Å². The second kappa shape index (κ2) is 7.56. The number of hydrogen-bond acceptors (Lipinski definition) is 6. The lowest BCUT2D eigenvalue weighted by atomic mass is 9.94. The van der Waals surface area contributed by atoms with Crippen molar-refractivity contribution in [3.05, 3.63) is 29.1 Å². The average molecular weight is 370 g/mol. The molecule has 7 nitrogen and oxygen atoms in total. The summed E-state index contributed by atoms with van der Waals surface area (Å²) in [5.41, 5.74) is -0.0738. The number of aryl methyl sites for hydroxylation is 1. The van der Waals surface area contributed by atoms with Gasteiger partial charge in [0.05, 0.1) is 13.2 Å². The molecule has 0 unspecified atom stereocenters. The second-order valence-corrected chi connectivity index (χ2v) is 6.29. The zero-order chi connectivity index (χ0) is 18.7.